The number of carbonyl (C=O) groups is 1. The number of hydrogen-bond donors (Lipinski definition) is 2. The maximum absolute atomic E-state index is 12.7. The standard InChI is InChI=1S/C20H16N4O3/c1-24-20(27)16-9-5-3-7-14(16)17(23-24)19(26)22-11-12-10-21-18(25)15-8-4-2-6-13(12)15/h2-10H,11H2,1H3,(H,21,25)(H,22,26). The van der Waals surface area contributed by atoms with Crippen LogP contribution in [0, 0.1) is 0 Å². The number of rotatable bonds is 3. The third-order valence-electron chi connectivity index (χ3n) is 4.51. The molecule has 2 aromatic carbocycles. The lowest BCUT2D eigenvalue weighted by Crippen LogP contribution is -2.29. The molecule has 0 saturated carbocycles. The van der Waals surface area contributed by atoms with Crippen LogP contribution in [0.3, 0.4) is 0 Å². The number of amides is 1. The largest absolute Gasteiger partial charge is 0.346 e. The minimum atomic E-state index is -0.392. The summed E-state index contributed by atoms with van der Waals surface area (Å²) in [7, 11) is 1.51. The summed E-state index contributed by atoms with van der Waals surface area (Å²) in [6.07, 6.45) is 1.59. The van der Waals surface area contributed by atoms with Gasteiger partial charge in [-0.1, -0.05) is 36.4 Å². The highest BCUT2D eigenvalue weighted by Gasteiger charge is 2.15. The van der Waals surface area contributed by atoms with E-state index in [1.165, 1.54) is 7.05 Å². The first-order valence-electron chi connectivity index (χ1n) is 8.40. The number of nitrogens with one attached hydrogen (secondary N) is 2. The molecule has 0 radical (unpaired) electrons. The van der Waals surface area contributed by atoms with Crippen LogP contribution in [-0.4, -0.2) is 20.7 Å². The molecule has 4 rings (SSSR count). The molecule has 0 unspecified atom stereocenters. The van der Waals surface area contributed by atoms with Gasteiger partial charge < -0.3 is 10.3 Å². The highest BCUT2D eigenvalue weighted by Crippen LogP contribution is 2.15. The predicted molar refractivity (Wildman–Crippen MR) is 103 cm³/mol. The second-order valence-corrected chi connectivity index (χ2v) is 6.19. The van der Waals surface area contributed by atoms with Crippen molar-refractivity contribution >= 4 is 27.5 Å². The Morgan fingerprint density at radius 1 is 1.00 bits per heavy atom. The fourth-order valence-electron chi connectivity index (χ4n) is 3.14. The number of H-pyrrole nitrogens is 1. The second kappa shape index (κ2) is 6.53. The van der Waals surface area contributed by atoms with Crippen LogP contribution in [0.5, 0.6) is 0 Å². The number of nitrogens with zero attached hydrogens (tertiary/aromatic N) is 2. The van der Waals surface area contributed by atoms with Gasteiger partial charge in [0.1, 0.15) is 0 Å². The lowest BCUT2D eigenvalue weighted by atomic mass is 10.1. The molecule has 0 aliphatic heterocycles. The van der Waals surface area contributed by atoms with Crippen molar-refractivity contribution in [3.8, 4) is 0 Å². The van der Waals surface area contributed by atoms with E-state index in [0.717, 1.165) is 15.6 Å². The Hall–Kier alpha value is -3.74. The van der Waals surface area contributed by atoms with Gasteiger partial charge in [-0.15, -0.1) is 0 Å². The van der Waals surface area contributed by atoms with Crippen molar-refractivity contribution in [2.24, 2.45) is 7.05 Å². The minimum Gasteiger partial charge on any atom is -0.346 e. The molecule has 0 fully saturated rings. The van der Waals surface area contributed by atoms with Gasteiger partial charge >= 0.3 is 0 Å². The smallest absolute Gasteiger partial charge is 0.274 e. The third-order valence-corrected chi connectivity index (χ3v) is 4.51. The van der Waals surface area contributed by atoms with Gasteiger partial charge in [0.25, 0.3) is 17.0 Å². The van der Waals surface area contributed by atoms with Crippen LogP contribution in [0.15, 0.2) is 64.3 Å². The van der Waals surface area contributed by atoms with E-state index in [2.05, 4.69) is 15.4 Å². The molecule has 1 amide bonds. The van der Waals surface area contributed by atoms with Crippen LogP contribution in [-0.2, 0) is 13.6 Å². The molecule has 7 heteroatoms. The Kier molecular flexibility index (Phi) is 4.04. The summed E-state index contributed by atoms with van der Waals surface area (Å²) >= 11 is 0. The number of carbonyl (C=O) groups excluding carboxylic acids is 1. The third kappa shape index (κ3) is 2.89. The molecule has 0 atom stereocenters. The van der Waals surface area contributed by atoms with Crippen molar-refractivity contribution in [3.05, 3.63) is 86.7 Å². The molecule has 2 heterocycles. The molecule has 0 bridgehead atoms. The lowest BCUT2D eigenvalue weighted by Gasteiger charge is -2.10. The average molecular weight is 360 g/mol. The normalized spacial score (nSPS) is 11.0. The first-order chi connectivity index (χ1) is 13.1. The van der Waals surface area contributed by atoms with Crippen LogP contribution in [0.4, 0.5) is 0 Å². The molecular weight excluding hydrogens is 344 g/mol. The summed E-state index contributed by atoms with van der Waals surface area (Å²) < 4.78 is 1.16. The maximum atomic E-state index is 12.7. The van der Waals surface area contributed by atoms with E-state index in [9.17, 15) is 14.4 Å². The van der Waals surface area contributed by atoms with E-state index < -0.39 is 5.91 Å². The summed E-state index contributed by atoms with van der Waals surface area (Å²) in [4.78, 5) is 39.5. The van der Waals surface area contributed by atoms with Crippen molar-refractivity contribution in [3.63, 3.8) is 0 Å². The maximum Gasteiger partial charge on any atom is 0.274 e. The van der Waals surface area contributed by atoms with E-state index in [0.29, 0.717) is 16.2 Å². The fraction of sp³-hybridized carbons (Fsp3) is 0.100. The topological polar surface area (TPSA) is 96.8 Å². The molecule has 2 N–H and O–H groups in total. The number of hydrogen-bond acceptors (Lipinski definition) is 4. The molecule has 7 nitrogen and oxygen atoms in total. The molecule has 2 aromatic heterocycles. The van der Waals surface area contributed by atoms with Crippen molar-refractivity contribution < 1.29 is 4.79 Å². The van der Waals surface area contributed by atoms with Crippen molar-refractivity contribution in [1.29, 1.82) is 0 Å². The zero-order chi connectivity index (χ0) is 19.0. The predicted octanol–water partition coefficient (Wildman–Crippen LogP) is 1.70. The van der Waals surface area contributed by atoms with E-state index in [1.807, 2.05) is 12.1 Å². The number of aromatic amines is 1. The van der Waals surface area contributed by atoms with Crippen molar-refractivity contribution in [2.45, 2.75) is 6.54 Å². The number of fused-ring (bicyclic) bond motifs is 2. The summed E-state index contributed by atoms with van der Waals surface area (Å²) in [6, 6.07) is 14.1. The molecule has 4 aromatic rings. The van der Waals surface area contributed by atoms with E-state index in [-0.39, 0.29) is 23.4 Å². The summed E-state index contributed by atoms with van der Waals surface area (Å²) in [5, 5.41) is 9.24. The zero-order valence-electron chi connectivity index (χ0n) is 14.5. The summed E-state index contributed by atoms with van der Waals surface area (Å²) in [6.45, 7) is 0.217. The Labute approximate surface area is 153 Å². The molecular formula is C20H16N4O3. The molecule has 0 aliphatic rings. The number of pyridine rings is 1. The van der Waals surface area contributed by atoms with Crippen molar-refractivity contribution in [2.75, 3.05) is 0 Å². The van der Waals surface area contributed by atoms with E-state index in [4.69, 9.17) is 0 Å². The Bertz CT molecular complexity index is 1300. The SMILES string of the molecule is Cn1nc(C(=O)NCc2c[nH]c(=O)c3ccccc23)c2ccccc2c1=O. The van der Waals surface area contributed by atoms with E-state index in [1.54, 1.807) is 42.6 Å². The van der Waals surface area contributed by atoms with Gasteiger partial charge in [0, 0.05) is 30.6 Å². The van der Waals surface area contributed by atoms with Crippen LogP contribution in [0.1, 0.15) is 16.1 Å². The first kappa shape index (κ1) is 16.7. The quantitative estimate of drug-likeness (QED) is 0.581. The molecule has 0 aliphatic carbocycles. The number of benzene rings is 2. The number of aryl methyl sites for hydroxylation is 1. The van der Waals surface area contributed by atoms with Gasteiger partial charge in [-0.2, -0.15) is 5.10 Å². The van der Waals surface area contributed by atoms with Crippen LogP contribution in [0.25, 0.3) is 21.5 Å². The summed E-state index contributed by atoms with van der Waals surface area (Å²) in [5.74, 6) is -0.392. The molecule has 0 saturated heterocycles. The van der Waals surface area contributed by atoms with E-state index >= 15 is 0 Å². The number of aromatic nitrogens is 3. The van der Waals surface area contributed by atoms with Gasteiger partial charge in [-0.05, 0) is 23.1 Å². The zero-order valence-corrected chi connectivity index (χ0v) is 14.5. The van der Waals surface area contributed by atoms with Gasteiger partial charge in [0.15, 0.2) is 5.69 Å². The van der Waals surface area contributed by atoms with Crippen LogP contribution < -0.4 is 16.4 Å². The van der Waals surface area contributed by atoms with Crippen LogP contribution >= 0.6 is 0 Å². The van der Waals surface area contributed by atoms with Crippen LogP contribution in [0.2, 0.25) is 0 Å². The molecule has 134 valence electrons. The lowest BCUT2D eigenvalue weighted by molar-refractivity contribution is 0.0946. The molecule has 27 heavy (non-hydrogen) atoms. The first-order valence-corrected chi connectivity index (χ1v) is 8.40. The Morgan fingerprint density at radius 2 is 1.63 bits per heavy atom. The average Bonchev–Trinajstić information content (AvgIpc) is 2.70. The van der Waals surface area contributed by atoms with Gasteiger partial charge in [-0.3, -0.25) is 14.4 Å². The second-order valence-electron chi connectivity index (χ2n) is 6.19. The van der Waals surface area contributed by atoms with Gasteiger partial charge in [-0.25, -0.2) is 4.68 Å². The minimum absolute atomic E-state index is 0.175. The highest BCUT2D eigenvalue weighted by atomic mass is 16.2. The fourth-order valence-corrected chi connectivity index (χ4v) is 3.14. The van der Waals surface area contributed by atoms with Gasteiger partial charge in [0.05, 0.1) is 5.39 Å². The monoisotopic (exact) mass is 360 g/mol. The highest BCUT2D eigenvalue weighted by molar-refractivity contribution is 6.04. The Balaban J connectivity index is 1.70. The Morgan fingerprint density at radius 3 is 2.37 bits per heavy atom. The van der Waals surface area contributed by atoms with Gasteiger partial charge in [0.2, 0.25) is 0 Å². The molecule has 0 spiro atoms. The summed E-state index contributed by atoms with van der Waals surface area (Å²) in [5.41, 5.74) is 0.536. The van der Waals surface area contributed by atoms with Crippen molar-refractivity contribution in [1.82, 2.24) is 20.1 Å².